The summed E-state index contributed by atoms with van der Waals surface area (Å²) >= 11 is 0. The van der Waals surface area contributed by atoms with Crippen molar-refractivity contribution < 1.29 is 14.6 Å². The minimum atomic E-state index is -0.353. The Morgan fingerprint density at radius 1 is 1.57 bits per heavy atom. The third kappa shape index (κ3) is 3.64. The molecule has 0 aliphatic carbocycles. The highest BCUT2D eigenvalue weighted by Crippen LogP contribution is 2.11. The summed E-state index contributed by atoms with van der Waals surface area (Å²) in [7, 11) is 0. The third-order valence-electron chi connectivity index (χ3n) is 2.14. The normalized spacial score (nSPS) is 22.9. The minimum absolute atomic E-state index is 0.0310. The molecule has 1 aliphatic rings. The van der Waals surface area contributed by atoms with E-state index in [0.29, 0.717) is 19.5 Å². The maximum atomic E-state index is 11.5. The second-order valence-electron chi connectivity index (χ2n) is 4.68. The van der Waals surface area contributed by atoms with Crippen molar-refractivity contribution in [2.24, 2.45) is 0 Å². The van der Waals surface area contributed by atoms with Gasteiger partial charge < -0.3 is 14.7 Å². The Balaban J connectivity index is 2.29. The Morgan fingerprint density at radius 2 is 2.21 bits per heavy atom. The standard InChI is InChI=1S/C10H19NO3/c1-10(2,3)14-7-9(13)11-5-4-8(12)6-11/h8,12H,4-7H2,1-3H3. The summed E-state index contributed by atoms with van der Waals surface area (Å²) in [6.07, 6.45) is 0.329. The van der Waals surface area contributed by atoms with Crippen LogP contribution in [0.1, 0.15) is 27.2 Å². The van der Waals surface area contributed by atoms with E-state index in [0.717, 1.165) is 0 Å². The van der Waals surface area contributed by atoms with Gasteiger partial charge in [-0.25, -0.2) is 0 Å². The lowest BCUT2D eigenvalue weighted by molar-refractivity contribution is -0.140. The lowest BCUT2D eigenvalue weighted by atomic mass is 10.2. The van der Waals surface area contributed by atoms with Gasteiger partial charge in [0.15, 0.2) is 0 Å². The second kappa shape index (κ2) is 4.28. The molecule has 1 atom stereocenters. The van der Waals surface area contributed by atoms with E-state index < -0.39 is 0 Å². The quantitative estimate of drug-likeness (QED) is 0.703. The van der Waals surface area contributed by atoms with Crippen LogP contribution < -0.4 is 0 Å². The highest BCUT2D eigenvalue weighted by molar-refractivity contribution is 5.77. The van der Waals surface area contributed by atoms with Gasteiger partial charge in [-0.15, -0.1) is 0 Å². The van der Waals surface area contributed by atoms with Gasteiger partial charge in [-0.1, -0.05) is 0 Å². The van der Waals surface area contributed by atoms with Crippen molar-refractivity contribution in [1.82, 2.24) is 4.90 Å². The highest BCUT2D eigenvalue weighted by Gasteiger charge is 2.25. The van der Waals surface area contributed by atoms with E-state index in [1.54, 1.807) is 4.90 Å². The van der Waals surface area contributed by atoms with Crippen molar-refractivity contribution in [3.05, 3.63) is 0 Å². The van der Waals surface area contributed by atoms with Gasteiger partial charge in [0.2, 0.25) is 5.91 Å². The van der Waals surface area contributed by atoms with Gasteiger partial charge in [-0.3, -0.25) is 4.79 Å². The lowest BCUT2D eigenvalue weighted by Crippen LogP contribution is -2.35. The lowest BCUT2D eigenvalue weighted by Gasteiger charge is -2.22. The molecular formula is C10H19NO3. The number of hydrogen-bond acceptors (Lipinski definition) is 3. The van der Waals surface area contributed by atoms with Crippen LogP contribution in [0.5, 0.6) is 0 Å². The fourth-order valence-corrected chi connectivity index (χ4v) is 1.34. The van der Waals surface area contributed by atoms with Gasteiger partial charge in [0.1, 0.15) is 6.61 Å². The summed E-state index contributed by atoms with van der Waals surface area (Å²) in [4.78, 5) is 13.2. The molecular weight excluding hydrogens is 182 g/mol. The van der Waals surface area contributed by atoms with Crippen LogP contribution in [0.15, 0.2) is 0 Å². The highest BCUT2D eigenvalue weighted by atomic mass is 16.5. The molecule has 14 heavy (non-hydrogen) atoms. The molecule has 4 heteroatoms. The van der Waals surface area contributed by atoms with Gasteiger partial charge in [0.25, 0.3) is 0 Å². The van der Waals surface area contributed by atoms with Crippen molar-refractivity contribution in [2.75, 3.05) is 19.7 Å². The number of carbonyl (C=O) groups excluding carboxylic acids is 1. The maximum Gasteiger partial charge on any atom is 0.248 e. The smallest absolute Gasteiger partial charge is 0.248 e. The second-order valence-corrected chi connectivity index (χ2v) is 4.68. The Hall–Kier alpha value is -0.610. The molecule has 0 bridgehead atoms. The first-order chi connectivity index (χ1) is 6.38. The minimum Gasteiger partial charge on any atom is -0.391 e. The van der Waals surface area contributed by atoms with E-state index in [9.17, 15) is 9.90 Å². The van der Waals surface area contributed by atoms with Crippen LogP contribution in [0, 0.1) is 0 Å². The molecule has 1 aliphatic heterocycles. The van der Waals surface area contributed by atoms with Crippen molar-refractivity contribution >= 4 is 5.91 Å². The van der Waals surface area contributed by atoms with Gasteiger partial charge in [-0.2, -0.15) is 0 Å². The Morgan fingerprint density at radius 3 is 2.64 bits per heavy atom. The SMILES string of the molecule is CC(C)(C)OCC(=O)N1CCC(O)C1. The van der Waals surface area contributed by atoms with Crippen molar-refractivity contribution in [3.63, 3.8) is 0 Å². The van der Waals surface area contributed by atoms with E-state index in [1.807, 2.05) is 20.8 Å². The Labute approximate surface area is 84.8 Å². The van der Waals surface area contributed by atoms with Gasteiger partial charge >= 0.3 is 0 Å². The molecule has 0 aromatic rings. The molecule has 82 valence electrons. The summed E-state index contributed by atoms with van der Waals surface area (Å²) < 4.78 is 5.37. The number of β-amino-alcohol motifs (C(OH)–C–C–N with tert-alkyl or cyclic N) is 1. The summed E-state index contributed by atoms with van der Waals surface area (Å²) in [5, 5.41) is 9.24. The number of likely N-dealkylation sites (tertiary alicyclic amines) is 1. The summed E-state index contributed by atoms with van der Waals surface area (Å²) in [5.41, 5.74) is -0.284. The fourth-order valence-electron chi connectivity index (χ4n) is 1.34. The number of carbonyl (C=O) groups is 1. The van der Waals surface area contributed by atoms with E-state index >= 15 is 0 Å². The molecule has 1 heterocycles. The topological polar surface area (TPSA) is 49.8 Å². The molecule has 4 nitrogen and oxygen atoms in total. The van der Waals surface area contributed by atoms with Crippen molar-refractivity contribution in [3.8, 4) is 0 Å². The number of amides is 1. The van der Waals surface area contributed by atoms with Crippen LogP contribution in [0.3, 0.4) is 0 Å². The van der Waals surface area contributed by atoms with E-state index in [4.69, 9.17) is 4.74 Å². The maximum absolute atomic E-state index is 11.5. The number of nitrogens with zero attached hydrogens (tertiary/aromatic N) is 1. The van der Waals surface area contributed by atoms with Gasteiger partial charge in [0, 0.05) is 13.1 Å². The monoisotopic (exact) mass is 201 g/mol. The van der Waals surface area contributed by atoms with Gasteiger partial charge in [0.05, 0.1) is 11.7 Å². The molecule has 1 fully saturated rings. The van der Waals surface area contributed by atoms with Crippen LogP contribution >= 0.6 is 0 Å². The van der Waals surface area contributed by atoms with E-state index in [1.165, 1.54) is 0 Å². The number of aliphatic hydroxyl groups excluding tert-OH is 1. The summed E-state index contributed by atoms with van der Waals surface area (Å²) in [6, 6.07) is 0. The molecule has 0 radical (unpaired) electrons. The first-order valence-corrected chi connectivity index (χ1v) is 4.98. The summed E-state index contributed by atoms with van der Waals surface area (Å²) in [6.45, 7) is 6.95. The van der Waals surface area contributed by atoms with Crippen LogP contribution in [-0.4, -0.2) is 47.3 Å². The number of rotatable bonds is 2. The average molecular weight is 201 g/mol. The Kier molecular flexibility index (Phi) is 3.50. The molecule has 0 aromatic heterocycles. The largest absolute Gasteiger partial charge is 0.391 e. The molecule has 0 aromatic carbocycles. The average Bonchev–Trinajstić information content (AvgIpc) is 2.46. The molecule has 1 unspecified atom stereocenters. The van der Waals surface area contributed by atoms with Crippen molar-refractivity contribution in [2.45, 2.75) is 38.9 Å². The first kappa shape index (κ1) is 11.5. The molecule has 0 spiro atoms. The zero-order chi connectivity index (χ0) is 10.8. The molecule has 1 N–H and O–H groups in total. The zero-order valence-electron chi connectivity index (χ0n) is 9.12. The number of ether oxygens (including phenoxy) is 1. The van der Waals surface area contributed by atoms with Crippen molar-refractivity contribution in [1.29, 1.82) is 0 Å². The van der Waals surface area contributed by atoms with Crippen LogP contribution in [-0.2, 0) is 9.53 Å². The van der Waals surface area contributed by atoms with E-state index in [2.05, 4.69) is 0 Å². The summed E-state index contributed by atoms with van der Waals surface area (Å²) in [5.74, 6) is -0.0310. The predicted molar refractivity (Wildman–Crippen MR) is 52.9 cm³/mol. The molecule has 1 saturated heterocycles. The first-order valence-electron chi connectivity index (χ1n) is 4.98. The van der Waals surface area contributed by atoms with Crippen LogP contribution in [0.4, 0.5) is 0 Å². The number of hydrogen-bond donors (Lipinski definition) is 1. The fraction of sp³-hybridized carbons (Fsp3) is 0.900. The van der Waals surface area contributed by atoms with Gasteiger partial charge in [-0.05, 0) is 27.2 Å². The third-order valence-corrected chi connectivity index (χ3v) is 2.14. The predicted octanol–water partition coefficient (Wildman–Crippen LogP) is 0.395. The van der Waals surface area contributed by atoms with Crippen LogP contribution in [0.25, 0.3) is 0 Å². The number of aliphatic hydroxyl groups is 1. The molecule has 1 amide bonds. The molecule has 1 rings (SSSR count). The van der Waals surface area contributed by atoms with Crippen LogP contribution in [0.2, 0.25) is 0 Å². The molecule has 0 saturated carbocycles. The van der Waals surface area contributed by atoms with E-state index in [-0.39, 0.29) is 24.2 Å². The zero-order valence-corrected chi connectivity index (χ0v) is 9.12. The Bertz CT molecular complexity index is 210.